The van der Waals surface area contributed by atoms with Crippen LogP contribution < -0.4 is 11.5 Å². The number of hydrogen-bond acceptors (Lipinski definition) is 17. The molecule has 0 saturated carbocycles. The topological polar surface area (TPSA) is 238 Å². The van der Waals surface area contributed by atoms with E-state index in [1.807, 2.05) is 0 Å². The van der Waals surface area contributed by atoms with Crippen LogP contribution in [0.15, 0.2) is 25.3 Å². The number of anilines is 2. The lowest BCUT2D eigenvalue weighted by atomic mass is 9.93. The van der Waals surface area contributed by atoms with Crippen molar-refractivity contribution in [2.45, 2.75) is 62.2 Å². The molecule has 4 aromatic heterocycles. The van der Waals surface area contributed by atoms with Crippen LogP contribution in [0.5, 0.6) is 0 Å². The van der Waals surface area contributed by atoms with Crippen LogP contribution in [-0.2, 0) is 41.4 Å². The Morgan fingerprint density at radius 2 is 1.54 bits per heavy atom. The molecular formula is C23H30N10O9P2S2. The van der Waals surface area contributed by atoms with Gasteiger partial charge in [-0.05, 0) is 6.42 Å². The molecule has 4 N–H and O–H groups in total. The van der Waals surface area contributed by atoms with Gasteiger partial charge in [-0.15, -0.1) is 0 Å². The molecule has 248 valence electrons. The van der Waals surface area contributed by atoms with E-state index in [4.69, 9.17) is 43.8 Å². The first-order valence-corrected chi connectivity index (χ1v) is 19.4. The van der Waals surface area contributed by atoms with Crippen molar-refractivity contribution in [3.8, 4) is 0 Å². The highest BCUT2D eigenvalue weighted by molar-refractivity contribution is 8.44. The molecule has 3 saturated heterocycles. The number of aromatic nitrogens is 8. The van der Waals surface area contributed by atoms with Crippen LogP contribution in [0.1, 0.15) is 32.2 Å². The van der Waals surface area contributed by atoms with Gasteiger partial charge in [-0.3, -0.25) is 27.2 Å². The Hall–Kier alpha value is -2.42. The van der Waals surface area contributed by atoms with E-state index in [0.717, 1.165) is 0 Å². The van der Waals surface area contributed by atoms with Gasteiger partial charge < -0.3 is 25.7 Å². The van der Waals surface area contributed by atoms with Crippen LogP contribution in [0.4, 0.5) is 11.6 Å². The van der Waals surface area contributed by atoms with E-state index in [2.05, 4.69) is 54.4 Å². The average molecular weight is 717 g/mol. The number of thiol groups is 2. The third-order valence-electron chi connectivity index (χ3n) is 8.20. The van der Waals surface area contributed by atoms with Crippen molar-refractivity contribution < 1.29 is 41.4 Å². The second-order valence-electron chi connectivity index (χ2n) is 10.9. The van der Waals surface area contributed by atoms with Gasteiger partial charge in [0.05, 0.1) is 32.0 Å². The number of methoxy groups -OCH3 is 1. The summed E-state index contributed by atoms with van der Waals surface area (Å²) < 4.78 is 73.2. The highest BCUT2D eigenvalue weighted by Gasteiger charge is 2.59. The van der Waals surface area contributed by atoms with Crippen molar-refractivity contribution in [2.24, 2.45) is 0 Å². The molecule has 19 nitrogen and oxygen atoms in total. The van der Waals surface area contributed by atoms with E-state index in [-0.39, 0.29) is 37.7 Å². The summed E-state index contributed by atoms with van der Waals surface area (Å²) in [7, 11) is 1.43. The maximum Gasteiger partial charge on any atom is 0.386 e. The lowest BCUT2D eigenvalue weighted by molar-refractivity contribution is -0.124. The number of hydrogen-bond donors (Lipinski definition) is 4. The zero-order valence-corrected chi connectivity index (χ0v) is 27.9. The summed E-state index contributed by atoms with van der Waals surface area (Å²) in [4.78, 5) is 25.1. The monoisotopic (exact) mass is 716 g/mol. The minimum absolute atomic E-state index is 0.146. The Kier molecular flexibility index (Phi) is 8.33. The molecule has 3 aliphatic rings. The van der Waals surface area contributed by atoms with Crippen LogP contribution in [0.25, 0.3) is 22.3 Å². The molecular weight excluding hydrogens is 686 g/mol. The van der Waals surface area contributed by atoms with Crippen molar-refractivity contribution in [3.05, 3.63) is 25.3 Å². The van der Waals surface area contributed by atoms with Crippen LogP contribution in [-0.4, -0.2) is 89.4 Å². The van der Waals surface area contributed by atoms with E-state index in [0.29, 0.717) is 22.3 Å². The van der Waals surface area contributed by atoms with Crippen molar-refractivity contribution in [1.29, 1.82) is 0 Å². The summed E-state index contributed by atoms with van der Waals surface area (Å²) in [5.74, 6) is 0.333. The third kappa shape index (κ3) is 5.60. The summed E-state index contributed by atoms with van der Waals surface area (Å²) in [5, 5.41) is 0. The van der Waals surface area contributed by atoms with E-state index in [9.17, 15) is 9.13 Å². The summed E-state index contributed by atoms with van der Waals surface area (Å²) in [5.41, 5.74) is 11.9. The second kappa shape index (κ2) is 11.9. The number of fused-ring (bicyclic) bond motifs is 5. The van der Waals surface area contributed by atoms with Gasteiger partial charge in [-0.1, -0.05) is 31.4 Å². The summed E-state index contributed by atoms with van der Waals surface area (Å²) >= 11 is 8.59. The molecule has 0 amide bonds. The molecule has 0 spiro atoms. The Labute approximate surface area is 271 Å². The molecule has 0 aliphatic carbocycles. The fourth-order valence-electron chi connectivity index (χ4n) is 5.96. The number of nitrogens with zero attached hydrogens (tertiary/aromatic N) is 8. The fraction of sp³-hybridized carbons (Fsp3) is 0.565. The lowest BCUT2D eigenvalue weighted by Gasteiger charge is -2.35. The minimum Gasteiger partial charge on any atom is -0.382 e. The van der Waals surface area contributed by atoms with E-state index in [1.165, 1.54) is 32.4 Å². The molecule has 7 heterocycles. The largest absolute Gasteiger partial charge is 0.386 e. The Balaban J connectivity index is 1.24. The summed E-state index contributed by atoms with van der Waals surface area (Å²) in [6.45, 7) is -7.10. The smallest absolute Gasteiger partial charge is 0.382 e. The maximum atomic E-state index is 13.8. The number of rotatable bonds is 4. The van der Waals surface area contributed by atoms with Gasteiger partial charge in [-0.25, -0.2) is 39.0 Å². The van der Waals surface area contributed by atoms with E-state index in [1.54, 1.807) is 16.1 Å². The normalized spacial score (nSPS) is 37.1. The average Bonchev–Trinajstić information content (AvgIpc) is 3.79. The highest BCUT2D eigenvalue weighted by atomic mass is 32.7. The number of imidazole rings is 2. The second-order valence-corrected chi connectivity index (χ2v) is 16.6. The molecule has 1 unspecified atom stereocenters. The lowest BCUT2D eigenvalue weighted by Crippen LogP contribution is -2.48. The zero-order chi connectivity index (χ0) is 32.4. The Bertz CT molecular complexity index is 1880. The van der Waals surface area contributed by atoms with Crippen molar-refractivity contribution in [2.75, 3.05) is 31.8 Å². The molecule has 3 fully saturated rings. The van der Waals surface area contributed by atoms with E-state index < -0.39 is 56.1 Å². The maximum absolute atomic E-state index is 13.8. The van der Waals surface area contributed by atoms with Gasteiger partial charge >= 0.3 is 13.6 Å². The first-order chi connectivity index (χ1) is 21.9. The minimum atomic E-state index is -4.14. The van der Waals surface area contributed by atoms with Crippen LogP contribution in [0, 0.1) is 0 Å². The number of nitrogen functional groups attached to an aromatic ring is 2. The van der Waals surface area contributed by atoms with Gasteiger partial charge in [0.15, 0.2) is 35.4 Å². The van der Waals surface area contributed by atoms with Crippen LogP contribution in [0.3, 0.4) is 0 Å². The fourth-order valence-corrected chi connectivity index (χ4v) is 8.99. The Morgan fingerprint density at radius 1 is 0.935 bits per heavy atom. The molecule has 7 rings (SSSR count). The molecule has 2 bridgehead atoms. The third-order valence-corrected chi connectivity index (χ3v) is 11.4. The predicted molar refractivity (Wildman–Crippen MR) is 167 cm³/mol. The first kappa shape index (κ1) is 32.1. The molecule has 3 aliphatic heterocycles. The SMILES string of the molecule is CC[C@@]12CO[P@@](=O)(S)O[C@@H]3C[C@@H](COP(=O)(S)O[C@H]1[C@@H](OC)[C@H](n1cnc4c(N)ncnc41)O2)O[C@H]3n1cnc2c(N)ncnc21. The standard InChI is InChI=1S/C23H30N10O9P2S2/c1-3-23-6-38-44(35,46)41-12-4-11(39-21(12)32-9-30-13-17(24)26-7-28-19(13)32)5-37-43(34,45)42-16(23)15(36-2)22(40-23)33-10-31-14-18(25)27-8-29-20(14)33/h7-12,15-16,21-22H,3-6H2,1-2H3,(H,34,45)(H,35,46)(H2,24,26,28)(H2,25,27,29)/t11-,12+,15+,16-,21+,22+,23+,43?,44+/m0/s1. The van der Waals surface area contributed by atoms with Gasteiger partial charge in [0.25, 0.3) is 0 Å². The zero-order valence-electron chi connectivity index (χ0n) is 24.3. The summed E-state index contributed by atoms with van der Waals surface area (Å²) in [6, 6.07) is 0. The molecule has 9 atom stereocenters. The quantitative estimate of drug-likeness (QED) is 0.175. The predicted octanol–water partition coefficient (Wildman–Crippen LogP) is 2.70. The van der Waals surface area contributed by atoms with Crippen molar-refractivity contribution >= 4 is 72.1 Å². The van der Waals surface area contributed by atoms with Gasteiger partial charge in [-0.2, -0.15) is 0 Å². The molecule has 0 radical (unpaired) electrons. The molecule has 46 heavy (non-hydrogen) atoms. The van der Waals surface area contributed by atoms with Crippen molar-refractivity contribution in [1.82, 2.24) is 39.0 Å². The van der Waals surface area contributed by atoms with Crippen LogP contribution in [0.2, 0.25) is 0 Å². The van der Waals surface area contributed by atoms with Gasteiger partial charge in [0.1, 0.15) is 47.6 Å². The number of nitrogens with two attached hydrogens (primary N) is 2. The first-order valence-electron chi connectivity index (χ1n) is 14.0. The van der Waals surface area contributed by atoms with Crippen molar-refractivity contribution in [3.63, 3.8) is 0 Å². The van der Waals surface area contributed by atoms with Gasteiger partial charge in [0.2, 0.25) is 0 Å². The molecule has 0 aromatic carbocycles. The van der Waals surface area contributed by atoms with Crippen LogP contribution >= 0.6 is 38.1 Å². The summed E-state index contributed by atoms with van der Waals surface area (Å²) in [6.07, 6.45) is 0.296. The number of ether oxygens (including phenoxy) is 3. The molecule has 4 aromatic rings. The highest BCUT2D eigenvalue weighted by Crippen LogP contribution is 2.62. The van der Waals surface area contributed by atoms with Gasteiger partial charge in [0, 0.05) is 13.5 Å². The Morgan fingerprint density at radius 3 is 2.15 bits per heavy atom. The van der Waals surface area contributed by atoms with E-state index >= 15 is 0 Å². The molecule has 23 heteroatoms.